The fraction of sp³-hybridized carbons (Fsp3) is 0.333. The van der Waals surface area contributed by atoms with Gasteiger partial charge in [-0.2, -0.15) is 0 Å². The van der Waals surface area contributed by atoms with Gasteiger partial charge < -0.3 is 4.90 Å². The van der Waals surface area contributed by atoms with E-state index in [0.29, 0.717) is 0 Å². The van der Waals surface area contributed by atoms with Gasteiger partial charge in [0.2, 0.25) is 0 Å². The van der Waals surface area contributed by atoms with Crippen LogP contribution in [0.2, 0.25) is 0 Å². The van der Waals surface area contributed by atoms with Gasteiger partial charge in [-0.25, -0.2) is 4.98 Å². The maximum atomic E-state index is 4.64. The summed E-state index contributed by atoms with van der Waals surface area (Å²) in [6.45, 7) is 5.92. The zero-order valence-electron chi connectivity index (χ0n) is 11.2. The predicted octanol–water partition coefficient (Wildman–Crippen LogP) is 3.42. The van der Waals surface area contributed by atoms with Crippen LogP contribution in [0.25, 0.3) is 0 Å². The molecule has 0 fully saturated rings. The van der Waals surface area contributed by atoms with Crippen molar-refractivity contribution in [2.75, 3.05) is 11.4 Å². The van der Waals surface area contributed by atoms with E-state index in [2.05, 4.69) is 49.0 Å². The molecule has 3 rings (SSSR count). The highest BCUT2D eigenvalue weighted by molar-refractivity contribution is 9.10. The lowest BCUT2D eigenvalue weighted by Crippen LogP contribution is -2.32. The van der Waals surface area contributed by atoms with E-state index in [0.717, 1.165) is 36.7 Å². The van der Waals surface area contributed by atoms with Crippen molar-refractivity contribution in [2.24, 2.45) is 0 Å². The fourth-order valence-electron chi connectivity index (χ4n) is 2.57. The molecular formula is C15H16BrN3. The van der Waals surface area contributed by atoms with Crippen molar-refractivity contribution in [3.05, 3.63) is 51.4 Å². The van der Waals surface area contributed by atoms with Crippen LogP contribution < -0.4 is 4.90 Å². The van der Waals surface area contributed by atoms with E-state index in [-0.39, 0.29) is 0 Å². The number of anilines is 1. The SMILES string of the molecule is Cc1cnc(C)c(N2CCc3c(Br)cccc3C2)n1. The lowest BCUT2D eigenvalue weighted by molar-refractivity contribution is 0.710. The smallest absolute Gasteiger partial charge is 0.150 e. The van der Waals surface area contributed by atoms with Crippen molar-refractivity contribution in [2.45, 2.75) is 26.8 Å². The van der Waals surface area contributed by atoms with Gasteiger partial charge in [-0.3, -0.25) is 4.98 Å². The Labute approximate surface area is 121 Å². The first-order valence-corrected chi connectivity index (χ1v) is 7.26. The molecule has 0 N–H and O–H groups in total. The van der Waals surface area contributed by atoms with Crippen LogP contribution in [0.15, 0.2) is 28.9 Å². The van der Waals surface area contributed by atoms with E-state index in [9.17, 15) is 0 Å². The summed E-state index contributed by atoms with van der Waals surface area (Å²) in [7, 11) is 0. The number of hydrogen-bond acceptors (Lipinski definition) is 3. The van der Waals surface area contributed by atoms with Gasteiger partial charge in [0, 0.05) is 23.8 Å². The zero-order chi connectivity index (χ0) is 13.4. The second-order valence-corrected chi connectivity index (χ2v) is 5.82. The van der Waals surface area contributed by atoms with Crippen molar-refractivity contribution in [3.8, 4) is 0 Å². The van der Waals surface area contributed by atoms with Gasteiger partial charge in [-0.1, -0.05) is 28.1 Å². The summed E-state index contributed by atoms with van der Waals surface area (Å²) in [5, 5.41) is 0. The number of fused-ring (bicyclic) bond motifs is 1. The highest BCUT2D eigenvalue weighted by Gasteiger charge is 2.20. The van der Waals surface area contributed by atoms with E-state index < -0.39 is 0 Å². The van der Waals surface area contributed by atoms with Crippen LogP contribution in [0.1, 0.15) is 22.5 Å². The summed E-state index contributed by atoms with van der Waals surface area (Å²) in [5.74, 6) is 1.02. The molecule has 19 heavy (non-hydrogen) atoms. The van der Waals surface area contributed by atoms with E-state index in [1.165, 1.54) is 15.6 Å². The lowest BCUT2D eigenvalue weighted by atomic mass is 10.00. The third kappa shape index (κ3) is 2.37. The summed E-state index contributed by atoms with van der Waals surface area (Å²) in [5.41, 5.74) is 4.78. The Morgan fingerprint density at radius 1 is 1.26 bits per heavy atom. The molecule has 98 valence electrons. The molecule has 0 unspecified atom stereocenters. The summed E-state index contributed by atoms with van der Waals surface area (Å²) in [6.07, 6.45) is 2.87. The molecule has 3 nitrogen and oxygen atoms in total. The zero-order valence-corrected chi connectivity index (χ0v) is 12.7. The predicted molar refractivity (Wildman–Crippen MR) is 80.4 cm³/mol. The fourth-order valence-corrected chi connectivity index (χ4v) is 3.17. The van der Waals surface area contributed by atoms with Crippen molar-refractivity contribution in [1.29, 1.82) is 0 Å². The lowest BCUT2D eigenvalue weighted by Gasteiger charge is -2.31. The second-order valence-electron chi connectivity index (χ2n) is 4.97. The van der Waals surface area contributed by atoms with Crippen LogP contribution >= 0.6 is 15.9 Å². The van der Waals surface area contributed by atoms with Crippen LogP contribution in [0.5, 0.6) is 0 Å². The Morgan fingerprint density at radius 2 is 2.11 bits per heavy atom. The Morgan fingerprint density at radius 3 is 2.95 bits per heavy atom. The maximum Gasteiger partial charge on any atom is 0.150 e. The monoisotopic (exact) mass is 317 g/mol. The first-order valence-electron chi connectivity index (χ1n) is 6.46. The van der Waals surface area contributed by atoms with Gasteiger partial charge in [0.25, 0.3) is 0 Å². The molecule has 2 heterocycles. The Kier molecular flexibility index (Phi) is 3.27. The van der Waals surface area contributed by atoms with Gasteiger partial charge in [0.05, 0.1) is 11.4 Å². The normalized spacial score (nSPS) is 14.4. The van der Waals surface area contributed by atoms with Crippen molar-refractivity contribution >= 4 is 21.7 Å². The minimum absolute atomic E-state index is 0.910. The molecule has 0 atom stereocenters. The Balaban J connectivity index is 1.96. The molecule has 4 heteroatoms. The summed E-state index contributed by atoms with van der Waals surface area (Å²) < 4.78 is 1.22. The average Bonchev–Trinajstić information content (AvgIpc) is 2.41. The first kappa shape index (κ1) is 12.6. The largest absolute Gasteiger partial charge is 0.350 e. The third-order valence-electron chi connectivity index (χ3n) is 3.56. The summed E-state index contributed by atoms with van der Waals surface area (Å²) in [4.78, 5) is 11.4. The molecule has 0 aliphatic carbocycles. The minimum atomic E-state index is 0.910. The molecule has 1 aliphatic rings. The Bertz CT molecular complexity index is 625. The quantitative estimate of drug-likeness (QED) is 0.807. The molecule has 2 aromatic rings. The number of nitrogens with zero attached hydrogens (tertiary/aromatic N) is 3. The molecule has 0 saturated heterocycles. The number of halogens is 1. The molecule has 0 radical (unpaired) electrons. The molecule has 0 amide bonds. The highest BCUT2D eigenvalue weighted by atomic mass is 79.9. The maximum absolute atomic E-state index is 4.64. The summed E-state index contributed by atoms with van der Waals surface area (Å²) >= 11 is 3.64. The van der Waals surface area contributed by atoms with Gasteiger partial charge in [0.15, 0.2) is 5.82 Å². The molecule has 1 aromatic carbocycles. The van der Waals surface area contributed by atoms with Gasteiger partial charge in [0.1, 0.15) is 0 Å². The first-order chi connectivity index (χ1) is 9.15. The number of aryl methyl sites for hydroxylation is 2. The van der Waals surface area contributed by atoms with E-state index in [1.54, 1.807) is 0 Å². The van der Waals surface area contributed by atoms with E-state index in [1.807, 2.05) is 20.0 Å². The van der Waals surface area contributed by atoms with Gasteiger partial charge in [-0.15, -0.1) is 0 Å². The minimum Gasteiger partial charge on any atom is -0.350 e. The standard InChI is InChI=1S/C15H16BrN3/c1-10-8-17-11(2)15(18-10)19-7-6-13-12(9-19)4-3-5-14(13)16/h3-5,8H,6-7,9H2,1-2H3. The van der Waals surface area contributed by atoms with Crippen molar-refractivity contribution < 1.29 is 0 Å². The number of aromatic nitrogens is 2. The van der Waals surface area contributed by atoms with Crippen molar-refractivity contribution in [1.82, 2.24) is 9.97 Å². The third-order valence-corrected chi connectivity index (χ3v) is 4.30. The number of hydrogen-bond donors (Lipinski definition) is 0. The molecule has 0 saturated carbocycles. The van der Waals surface area contributed by atoms with E-state index >= 15 is 0 Å². The van der Waals surface area contributed by atoms with Crippen LogP contribution in [-0.2, 0) is 13.0 Å². The molecule has 1 aromatic heterocycles. The van der Waals surface area contributed by atoms with Crippen LogP contribution in [-0.4, -0.2) is 16.5 Å². The highest BCUT2D eigenvalue weighted by Crippen LogP contribution is 2.29. The van der Waals surface area contributed by atoms with Gasteiger partial charge in [-0.05, 0) is 37.5 Å². The Hall–Kier alpha value is -1.42. The van der Waals surface area contributed by atoms with Crippen molar-refractivity contribution in [3.63, 3.8) is 0 Å². The number of rotatable bonds is 1. The van der Waals surface area contributed by atoms with Crippen LogP contribution in [0, 0.1) is 13.8 Å². The van der Waals surface area contributed by atoms with E-state index in [4.69, 9.17) is 0 Å². The summed E-state index contributed by atoms with van der Waals surface area (Å²) in [6, 6.07) is 6.41. The van der Waals surface area contributed by atoms with Gasteiger partial charge >= 0.3 is 0 Å². The number of benzene rings is 1. The molecular weight excluding hydrogens is 302 g/mol. The second kappa shape index (κ2) is 4.93. The topological polar surface area (TPSA) is 29.0 Å². The average molecular weight is 318 g/mol. The molecule has 0 spiro atoms. The molecule has 1 aliphatic heterocycles. The van der Waals surface area contributed by atoms with Crippen LogP contribution in [0.4, 0.5) is 5.82 Å². The molecule has 0 bridgehead atoms. The van der Waals surface area contributed by atoms with Crippen LogP contribution in [0.3, 0.4) is 0 Å².